The second-order valence-electron chi connectivity index (χ2n) is 6.17. The molecule has 1 rings (SSSR count). The zero-order valence-electron chi connectivity index (χ0n) is 15.5. The van der Waals surface area contributed by atoms with Gasteiger partial charge in [-0.2, -0.15) is 0 Å². The molecule has 25 heavy (non-hydrogen) atoms. The van der Waals surface area contributed by atoms with Crippen molar-refractivity contribution in [2.75, 3.05) is 92.5 Å². The largest absolute Gasteiger partial charge is 0.378 e. The fraction of sp³-hybridized carbons (Fsp3) is 0.889. The molecule has 0 aromatic carbocycles. The lowest BCUT2D eigenvalue weighted by Gasteiger charge is -2.29. The molecule has 1 aliphatic heterocycles. The number of hydrogen-bond donors (Lipinski definition) is 0. The van der Waals surface area contributed by atoms with Crippen molar-refractivity contribution in [3.05, 3.63) is 12.7 Å². The van der Waals surface area contributed by atoms with Gasteiger partial charge in [-0.25, -0.2) is 0 Å². The van der Waals surface area contributed by atoms with Crippen molar-refractivity contribution in [3.8, 4) is 0 Å². The SMILES string of the molecule is C=CCOCCOCCOCC1(C)COCCOCCOCCOC1. The van der Waals surface area contributed by atoms with E-state index in [0.29, 0.717) is 92.5 Å². The van der Waals surface area contributed by atoms with Crippen molar-refractivity contribution in [2.45, 2.75) is 6.92 Å². The molecule has 0 N–H and O–H groups in total. The summed E-state index contributed by atoms with van der Waals surface area (Å²) in [6, 6.07) is 0. The Labute approximate surface area is 151 Å². The van der Waals surface area contributed by atoms with E-state index in [-0.39, 0.29) is 5.41 Å². The average Bonchev–Trinajstić information content (AvgIpc) is 2.63. The van der Waals surface area contributed by atoms with E-state index in [9.17, 15) is 0 Å². The second kappa shape index (κ2) is 15.7. The normalized spacial score (nSPS) is 20.2. The van der Waals surface area contributed by atoms with E-state index in [1.54, 1.807) is 6.08 Å². The second-order valence-corrected chi connectivity index (χ2v) is 6.17. The van der Waals surface area contributed by atoms with Crippen LogP contribution in [-0.2, 0) is 33.2 Å². The molecule has 0 saturated carbocycles. The van der Waals surface area contributed by atoms with Crippen LogP contribution in [0.3, 0.4) is 0 Å². The van der Waals surface area contributed by atoms with E-state index in [2.05, 4.69) is 13.5 Å². The first kappa shape index (κ1) is 22.5. The number of hydrogen-bond acceptors (Lipinski definition) is 7. The van der Waals surface area contributed by atoms with Gasteiger partial charge in [0.25, 0.3) is 0 Å². The molecule has 0 unspecified atom stereocenters. The first-order valence-corrected chi connectivity index (χ1v) is 8.92. The van der Waals surface area contributed by atoms with Gasteiger partial charge in [-0.05, 0) is 0 Å². The Balaban J connectivity index is 2.15. The maximum atomic E-state index is 5.75. The fourth-order valence-corrected chi connectivity index (χ4v) is 2.14. The molecular formula is C18H34O7. The van der Waals surface area contributed by atoms with Gasteiger partial charge in [-0.1, -0.05) is 13.0 Å². The smallest absolute Gasteiger partial charge is 0.0704 e. The van der Waals surface area contributed by atoms with E-state index in [1.165, 1.54) is 0 Å². The van der Waals surface area contributed by atoms with Gasteiger partial charge in [0, 0.05) is 5.41 Å². The lowest BCUT2D eigenvalue weighted by atomic mass is 9.94. The van der Waals surface area contributed by atoms with Crippen molar-refractivity contribution >= 4 is 0 Å². The highest BCUT2D eigenvalue weighted by Crippen LogP contribution is 2.18. The van der Waals surface area contributed by atoms with E-state index in [1.807, 2.05) is 0 Å². The zero-order valence-corrected chi connectivity index (χ0v) is 15.5. The molecule has 7 nitrogen and oxygen atoms in total. The first-order valence-electron chi connectivity index (χ1n) is 8.92. The highest BCUT2D eigenvalue weighted by atomic mass is 16.6. The summed E-state index contributed by atoms with van der Waals surface area (Å²) in [6.07, 6.45) is 1.72. The molecule has 0 aromatic heterocycles. The van der Waals surface area contributed by atoms with Gasteiger partial charge in [0.15, 0.2) is 0 Å². The highest BCUT2D eigenvalue weighted by molar-refractivity contribution is 4.73. The average molecular weight is 362 g/mol. The van der Waals surface area contributed by atoms with Gasteiger partial charge in [-0.3, -0.25) is 0 Å². The first-order chi connectivity index (χ1) is 12.3. The van der Waals surface area contributed by atoms with Crippen LogP contribution >= 0.6 is 0 Å². The molecule has 7 heteroatoms. The Morgan fingerprint density at radius 1 is 0.760 bits per heavy atom. The lowest BCUT2D eigenvalue weighted by Crippen LogP contribution is -2.35. The van der Waals surface area contributed by atoms with Crippen LogP contribution in [0.15, 0.2) is 12.7 Å². The molecular weight excluding hydrogens is 328 g/mol. The Bertz CT molecular complexity index is 298. The summed E-state index contributed by atoms with van der Waals surface area (Å²) in [5.74, 6) is 0. The van der Waals surface area contributed by atoms with Crippen molar-refractivity contribution in [1.82, 2.24) is 0 Å². The molecule has 148 valence electrons. The minimum Gasteiger partial charge on any atom is -0.378 e. The summed E-state index contributed by atoms with van der Waals surface area (Å²) in [5.41, 5.74) is -0.207. The highest BCUT2D eigenvalue weighted by Gasteiger charge is 2.26. The summed E-state index contributed by atoms with van der Waals surface area (Å²) in [4.78, 5) is 0. The van der Waals surface area contributed by atoms with Crippen LogP contribution < -0.4 is 0 Å². The minimum atomic E-state index is -0.207. The third-order valence-corrected chi connectivity index (χ3v) is 3.45. The summed E-state index contributed by atoms with van der Waals surface area (Å²) in [5, 5.41) is 0. The Morgan fingerprint density at radius 2 is 1.24 bits per heavy atom. The number of ether oxygens (including phenoxy) is 7. The number of rotatable bonds is 10. The minimum absolute atomic E-state index is 0.207. The molecule has 0 aromatic rings. The van der Waals surface area contributed by atoms with Crippen molar-refractivity contribution in [2.24, 2.45) is 5.41 Å². The van der Waals surface area contributed by atoms with Gasteiger partial charge in [0.2, 0.25) is 0 Å². The molecule has 0 amide bonds. The summed E-state index contributed by atoms with van der Waals surface area (Å²) >= 11 is 0. The monoisotopic (exact) mass is 362 g/mol. The molecule has 0 radical (unpaired) electrons. The molecule has 0 atom stereocenters. The summed E-state index contributed by atoms with van der Waals surface area (Å²) < 4.78 is 38.7. The standard InChI is InChI=1S/C18H34O7/c1-3-4-19-5-6-20-9-12-23-15-18(2)16-24-13-10-21-7-8-22-11-14-25-17-18/h3H,1,4-17H2,2H3. The van der Waals surface area contributed by atoms with Gasteiger partial charge >= 0.3 is 0 Å². The van der Waals surface area contributed by atoms with Crippen LogP contribution in [0.4, 0.5) is 0 Å². The molecule has 1 fully saturated rings. The third-order valence-electron chi connectivity index (χ3n) is 3.45. The predicted octanol–water partition coefficient (Wildman–Crippen LogP) is 1.31. The van der Waals surface area contributed by atoms with Gasteiger partial charge in [0.1, 0.15) is 0 Å². The molecule has 0 aliphatic carbocycles. The Hall–Kier alpha value is -0.540. The molecule has 1 heterocycles. The van der Waals surface area contributed by atoms with Gasteiger partial charge in [-0.15, -0.1) is 6.58 Å². The molecule has 1 saturated heterocycles. The van der Waals surface area contributed by atoms with Crippen LogP contribution in [-0.4, -0.2) is 92.5 Å². The Morgan fingerprint density at radius 3 is 1.80 bits per heavy atom. The van der Waals surface area contributed by atoms with Crippen molar-refractivity contribution in [1.29, 1.82) is 0 Å². The maximum absolute atomic E-state index is 5.75. The predicted molar refractivity (Wildman–Crippen MR) is 94.0 cm³/mol. The van der Waals surface area contributed by atoms with Crippen molar-refractivity contribution in [3.63, 3.8) is 0 Å². The zero-order chi connectivity index (χ0) is 18.1. The van der Waals surface area contributed by atoms with E-state index in [0.717, 1.165) is 0 Å². The van der Waals surface area contributed by atoms with Crippen LogP contribution in [0.25, 0.3) is 0 Å². The maximum Gasteiger partial charge on any atom is 0.0704 e. The van der Waals surface area contributed by atoms with E-state index in [4.69, 9.17) is 33.2 Å². The molecule has 0 spiro atoms. The quantitative estimate of drug-likeness (QED) is 0.429. The summed E-state index contributed by atoms with van der Waals surface area (Å²) in [6.45, 7) is 13.5. The van der Waals surface area contributed by atoms with Crippen LogP contribution in [0.1, 0.15) is 6.92 Å². The Kier molecular flexibility index (Phi) is 14.1. The molecule has 1 aliphatic rings. The van der Waals surface area contributed by atoms with Gasteiger partial charge < -0.3 is 33.2 Å². The summed E-state index contributed by atoms with van der Waals surface area (Å²) in [7, 11) is 0. The van der Waals surface area contributed by atoms with Crippen molar-refractivity contribution < 1.29 is 33.2 Å². The fourth-order valence-electron chi connectivity index (χ4n) is 2.14. The van der Waals surface area contributed by atoms with E-state index >= 15 is 0 Å². The topological polar surface area (TPSA) is 64.6 Å². The van der Waals surface area contributed by atoms with Crippen LogP contribution in [0.5, 0.6) is 0 Å². The van der Waals surface area contributed by atoms with Crippen LogP contribution in [0, 0.1) is 5.41 Å². The third kappa shape index (κ3) is 13.3. The van der Waals surface area contributed by atoms with Crippen LogP contribution in [0.2, 0.25) is 0 Å². The van der Waals surface area contributed by atoms with E-state index < -0.39 is 0 Å². The molecule has 0 bridgehead atoms. The lowest BCUT2D eigenvalue weighted by molar-refractivity contribution is -0.0753. The van der Waals surface area contributed by atoms with Gasteiger partial charge in [0.05, 0.1) is 92.5 Å².